The van der Waals surface area contributed by atoms with Crippen molar-refractivity contribution in [2.75, 3.05) is 26.3 Å². The topological polar surface area (TPSA) is 51.7 Å². The van der Waals surface area contributed by atoms with Crippen LogP contribution < -0.4 is 4.74 Å². The van der Waals surface area contributed by atoms with E-state index in [1.54, 1.807) is 6.07 Å². The van der Waals surface area contributed by atoms with Crippen LogP contribution in [0.2, 0.25) is 0 Å². The predicted octanol–water partition coefficient (Wildman–Crippen LogP) is 3.50. The zero-order chi connectivity index (χ0) is 18.7. The van der Waals surface area contributed by atoms with E-state index in [9.17, 15) is 9.18 Å². The van der Waals surface area contributed by atoms with Crippen LogP contribution in [-0.4, -0.2) is 47.7 Å². The van der Waals surface area contributed by atoms with E-state index in [-0.39, 0.29) is 17.4 Å². The first-order chi connectivity index (χ1) is 13.2. The van der Waals surface area contributed by atoms with E-state index in [1.165, 1.54) is 12.3 Å². The smallest absolute Gasteiger partial charge is 0.250 e. The molecule has 0 bridgehead atoms. The van der Waals surface area contributed by atoms with E-state index in [4.69, 9.17) is 9.47 Å². The fourth-order valence-electron chi connectivity index (χ4n) is 4.68. The lowest BCUT2D eigenvalue weighted by atomic mass is 9.78. The van der Waals surface area contributed by atoms with E-state index >= 15 is 0 Å². The van der Waals surface area contributed by atoms with Gasteiger partial charge in [0.25, 0.3) is 0 Å². The summed E-state index contributed by atoms with van der Waals surface area (Å²) >= 11 is 0. The van der Waals surface area contributed by atoms with Crippen molar-refractivity contribution in [2.45, 2.75) is 50.5 Å². The highest BCUT2D eigenvalue weighted by molar-refractivity contribution is 5.93. The number of amides is 1. The number of halogens is 1. The van der Waals surface area contributed by atoms with Gasteiger partial charge in [-0.05, 0) is 63.0 Å². The summed E-state index contributed by atoms with van der Waals surface area (Å²) in [5, 5.41) is 0. The fraction of sp³-hybridized carbons (Fsp3) is 0.619. The summed E-state index contributed by atoms with van der Waals surface area (Å²) < 4.78 is 25.4. The van der Waals surface area contributed by atoms with Crippen LogP contribution in [-0.2, 0) is 9.53 Å². The lowest BCUT2D eigenvalue weighted by molar-refractivity contribution is -0.133. The Morgan fingerprint density at radius 1 is 1.41 bits per heavy atom. The molecule has 0 saturated carbocycles. The minimum atomic E-state index is -0.428. The quantitative estimate of drug-likeness (QED) is 0.792. The van der Waals surface area contributed by atoms with Gasteiger partial charge in [-0.15, -0.1) is 0 Å². The number of nitrogens with zero attached hydrogens (tertiary/aromatic N) is 2. The maximum Gasteiger partial charge on any atom is 0.250 e. The van der Waals surface area contributed by atoms with E-state index < -0.39 is 5.82 Å². The van der Waals surface area contributed by atoms with Gasteiger partial charge >= 0.3 is 0 Å². The Hall–Kier alpha value is -1.95. The molecular formula is C21H27FN2O3. The minimum absolute atomic E-state index is 0.0655. The molecule has 0 aromatic carbocycles. The molecule has 2 aliphatic heterocycles. The number of carbonyl (C=O) groups is 1. The number of allylic oxidation sites excluding steroid dienone is 1. The highest BCUT2D eigenvalue weighted by Gasteiger charge is 2.46. The highest BCUT2D eigenvalue weighted by Crippen LogP contribution is 2.42. The SMILES string of the molecule is O=C(C1=CCCC1)N1CCC2(CC1)OCCC2CCOc1ncccc1F. The molecular weight excluding hydrogens is 347 g/mol. The molecule has 0 radical (unpaired) electrons. The van der Waals surface area contributed by atoms with Gasteiger partial charge in [0.05, 0.1) is 12.2 Å². The first-order valence-corrected chi connectivity index (χ1v) is 10.0. The van der Waals surface area contributed by atoms with Crippen LogP contribution in [0.5, 0.6) is 5.88 Å². The summed E-state index contributed by atoms with van der Waals surface area (Å²) in [6.07, 6.45) is 10.2. The average Bonchev–Trinajstić information content (AvgIpc) is 3.35. The van der Waals surface area contributed by atoms with Gasteiger partial charge in [-0.1, -0.05) is 6.08 Å². The standard InChI is InChI=1S/C21H27FN2O3/c22-18-6-3-11-23-19(18)26-14-7-17-8-15-27-21(17)9-12-24(13-10-21)20(25)16-4-1-2-5-16/h3-4,6,11,17H,1-2,5,7-10,12-15H2. The number of carbonyl (C=O) groups excluding carboxylic acids is 1. The number of piperidine rings is 1. The molecule has 0 N–H and O–H groups in total. The summed E-state index contributed by atoms with van der Waals surface area (Å²) in [5.74, 6) is 0.233. The Balaban J connectivity index is 1.30. The maximum absolute atomic E-state index is 13.6. The van der Waals surface area contributed by atoms with Crippen molar-refractivity contribution in [2.24, 2.45) is 5.92 Å². The van der Waals surface area contributed by atoms with Crippen molar-refractivity contribution < 1.29 is 18.7 Å². The molecule has 1 amide bonds. The molecule has 1 spiro atoms. The molecule has 3 aliphatic rings. The van der Waals surface area contributed by atoms with Gasteiger partial charge < -0.3 is 14.4 Å². The van der Waals surface area contributed by atoms with Crippen molar-refractivity contribution in [3.63, 3.8) is 0 Å². The number of likely N-dealkylation sites (tertiary alicyclic amines) is 1. The molecule has 1 atom stereocenters. The first kappa shape index (κ1) is 18.4. The van der Waals surface area contributed by atoms with Gasteiger partial charge in [-0.2, -0.15) is 0 Å². The number of ether oxygens (including phenoxy) is 2. The third kappa shape index (κ3) is 3.86. The van der Waals surface area contributed by atoms with Crippen LogP contribution in [0.3, 0.4) is 0 Å². The van der Waals surface area contributed by atoms with Crippen LogP contribution in [0.25, 0.3) is 0 Å². The summed E-state index contributed by atoms with van der Waals surface area (Å²) in [6.45, 7) is 2.69. The largest absolute Gasteiger partial charge is 0.476 e. The van der Waals surface area contributed by atoms with Gasteiger partial charge in [0, 0.05) is 31.5 Å². The number of aromatic nitrogens is 1. The lowest BCUT2D eigenvalue weighted by Crippen LogP contribution is -2.49. The number of hydrogen-bond acceptors (Lipinski definition) is 4. The second-order valence-corrected chi connectivity index (χ2v) is 7.74. The zero-order valence-electron chi connectivity index (χ0n) is 15.7. The Bertz CT molecular complexity index is 713. The number of hydrogen-bond donors (Lipinski definition) is 0. The molecule has 6 heteroatoms. The summed E-state index contributed by atoms with van der Waals surface area (Å²) in [4.78, 5) is 18.5. The van der Waals surface area contributed by atoms with E-state index in [2.05, 4.69) is 11.1 Å². The van der Waals surface area contributed by atoms with E-state index in [0.717, 1.165) is 70.2 Å². The molecule has 5 nitrogen and oxygen atoms in total. The molecule has 27 heavy (non-hydrogen) atoms. The van der Waals surface area contributed by atoms with Gasteiger partial charge in [0.2, 0.25) is 11.8 Å². The second-order valence-electron chi connectivity index (χ2n) is 7.74. The Labute approximate surface area is 159 Å². The van der Waals surface area contributed by atoms with E-state index in [1.807, 2.05) is 4.90 Å². The van der Waals surface area contributed by atoms with Crippen molar-refractivity contribution in [3.05, 3.63) is 35.8 Å². The monoisotopic (exact) mass is 374 g/mol. The minimum Gasteiger partial charge on any atom is -0.476 e. The normalized spacial score (nSPS) is 24.3. The zero-order valence-corrected chi connectivity index (χ0v) is 15.7. The average molecular weight is 374 g/mol. The Kier molecular flexibility index (Phi) is 5.43. The van der Waals surface area contributed by atoms with Gasteiger partial charge in [-0.25, -0.2) is 9.37 Å². The molecule has 1 aliphatic carbocycles. The Morgan fingerprint density at radius 3 is 3.00 bits per heavy atom. The third-order valence-corrected chi connectivity index (χ3v) is 6.24. The van der Waals surface area contributed by atoms with Gasteiger partial charge in [0.15, 0.2) is 5.82 Å². The van der Waals surface area contributed by atoms with Crippen LogP contribution in [0, 0.1) is 11.7 Å². The van der Waals surface area contributed by atoms with Gasteiger partial charge in [-0.3, -0.25) is 4.79 Å². The molecule has 4 rings (SSSR count). The molecule has 146 valence electrons. The van der Waals surface area contributed by atoms with Crippen LogP contribution in [0.4, 0.5) is 4.39 Å². The van der Waals surface area contributed by atoms with Crippen LogP contribution in [0.15, 0.2) is 30.0 Å². The first-order valence-electron chi connectivity index (χ1n) is 10.0. The lowest BCUT2D eigenvalue weighted by Gasteiger charge is -2.42. The predicted molar refractivity (Wildman–Crippen MR) is 98.8 cm³/mol. The molecule has 1 aromatic heterocycles. The molecule has 2 saturated heterocycles. The second kappa shape index (κ2) is 7.97. The summed E-state index contributed by atoms with van der Waals surface area (Å²) in [6, 6.07) is 2.91. The van der Waals surface area contributed by atoms with Crippen LogP contribution in [0.1, 0.15) is 44.9 Å². The summed E-state index contributed by atoms with van der Waals surface area (Å²) in [7, 11) is 0. The third-order valence-electron chi connectivity index (χ3n) is 6.24. The van der Waals surface area contributed by atoms with Crippen molar-refractivity contribution in [3.8, 4) is 5.88 Å². The Morgan fingerprint density at radius 2 is 2.26 bits per heavy atom. The maximum atomic E-state index is 13.6. The molecule has 3 heterocycles. The molecule has 2 fully saturated rings. The molecule has 1 unspecified atom stereocenters. The van der Waals surface area contributed by atoms with Crippen molar-refractivity contribution >= 4 is 5.91 Å². The fourth-order valence-corrected chi connectivity index (χ4v) is 4.68. The van der Waals surface area contributed by atoms with Crippen molar-refractivity contribution in [1.82, 2.24) is 9.88 Å². The van der Waals surface area contributed by atoms with Crippen molar-refractivity contribution in [1.29, 1.82) is 0 Å². The van der Waals surface area contributed by atoms with Crippen LogP contribution >= 0.6 is 0 Å². The number of rotatable bonds is 5. The highest BCUT2D eigenvalue weighted by atomic mass is 19.1. The summed E-state index contributed by atoms with van der Waals surface area (Å²) in [5.41, 5.74) is 0.827. The molecule has 1 aromatic rings. The van der Waals surface area contributed by atoms with E-state index in [0.29, 0.717) is 12.5 Å². The number of pyridine rings is 1. The van der Waals surface area contributed by atoms with Gasteiger partial charge in [0.1, 0.15) is 0 Å².